The summed E-state index contributed by atoms with van der Waals surface area (Å²) in [4.78, 5) is 10.4. The molecule has 0 fully saturated rings. The lowest BCUT2D eigenvalue weighted by Gasteiger charge is -2.14. The summed E-state index contributed by atoms with van der Waals surface area (Å²) in [5.41, 5.74) is 0. The highest BCUT2D eigenvalue weighted by molar-refractivity contribution is 5.81. The number of halogens is 4. The van der Waals surface area contributed by atoms with Crippen molar-refractivity contribution in [1.82, 2.24) is 0 Å². The Morgan fingerprint density at radius 1 is 1.45 bits per heavy atom. The molecule has 0 rings (SSSR count). The Balaban J connectivity index is 4.29. The van der Waals surface area contributed by atoms with Gasteiger partial charge in [0.15, 0.2) is 0 Å². The number of carbonyl (C=O) groups excluding carboxylic acids is 1. The van der Waals surface area contributed by atoms with Gasteiger partial charge in [0.1, 0.15) is 18.4 Å². The Labute approximate surface area is 61.4 Å². The number of ketones is 1. The summed E-state index contributed by atoms with van der Waals surface area (Å²) >= 11 is 0. The molecule has 0 aromatic rings. The van der Waals surface area contributed by atoms with E-state index in [-0.39, 0.29) is 6.42 Å². The molecule has 1 unspecified atom stereocenters. The first-order valence-corrected chi connectivity index (χ1v) is 3.08. The SMILES string of the molecule is CCC(=O)C(CF)C(F)(F)F. The summed E-state index contributed by atoms with van der Waals surface area (Å²) in [5.74, 6) is -3.52. The Bertz CT molecular complexity index is 140. The van der Waals surface area contributed by atoms with Crippen LogP contribution in [-0.2, 0) is 4.79 Å². The van der Waals surface area contributed by atoms with Gasteiger partial charge in [0.2, 0.25) is 0 Å². The van der Waals surface area contributed by atoms with E-state index < -0.39 is 24.6 Å². The van der Waals surface area contributed by atoms with Gasteiger partial charge in [-0.1, -0.05) is 6.92 Å². The van der Waals surface area contributed by atoms with Crippen LogP contribution in [0.4, 0.5) is 17.6 Å². The van der Waals surface area contributed by atoms with Crippen LogP contribution in [0.5, 0.6) is 0 Å². The first-order valence-electron chi connectivity index (χ1n) is 3.08. The van der Waals surface area contributed by atoms with E-state index in [9.17, 15) is 22.4 Å². The van der Waals surface area contributed by atoms with Gasteiger partial charge >= 0.3 is 6.18 Å². The molecule has 11 heavy (non-hydrogen) atoms. The zero-order chi connectivity index (χ0) is 9.07. The van der Waals surface area contributed by atoms with E-state index >= 15 is 0 Å². The Kier molecular flexibility index (Phi) is 3.48. The van der Waals surface area contributed by atoms with Crippen molar-refractivity contribution in [3.8, 4) is 0 Å². The number of rotatable bonds is 3. The molecule has 0 spiro atoms. The maximum atomic E-state index is 11.7. The smallest absolute Gasteiger partial charge is 0.299 e. The van der Waals surface area contributed by atoms with Gasteiger partial charge in [-0.3, -0.25) is 4.79 Å². The van der Waals surface area contributed by atoms with Crippen LogP contribution in [0, 0.1) is 5.92 Å². The van der Waals surface area contributed by atoms with E-state index in [1.54, 1.807) is 0 Å². The van der Waals surface area contributed by atoms with Crippen LogP contribution in [-0.4, -0.2) is 18.6 Å². The molecular formula is C6H8F4O. The fourth-order valence-corrected chi connectivity index (χ4v) is 0.602. The minimum Gasteiger partial charge on any atom is -0.299 e. The van der Waals surface area contributed by atoms with E-state index in [0.717, 1.165) is 0 Å². The third-order valence-electron chi connectivity index (χ3n) is 1.29. The average Bonchev–Trinajstić information content (AvgIpc) is 1.86. The number of carbonyl (C=O) groups is 1. The van der Waals surface area contributed by atoms with Crippen LogP contribution in [0.1, 0.15) is 13.3 Å². The van der Waals surface area contributed by atoms with Crippen molar-refractivity contribution in [1.29, 1.82) is 0 Å². The maximum Gasteiger partial charge on any atom is 0.401 e. The number of hydrogen-bond acceptors (Lipinski definition) is 1. The summed E-state index contributed by atoms with van der Waals surface area (Å²) in [7, 11) is 0. The van der Waals surface area contributed by atoms with Crippen LogP contribution in [0.15, 0.2) is 0 Å². The molecule has 0 aliphatic rings. The minimum absolute atomic E-state index is 0.284. The third kappa shape index (κ3) is 2.86. The van der Waals surface area contributed by atoms with Gasteiger partial charge < -0.3 is 0 Å². The molecule has 0 aliphatic carbocycles. The molecule has 0 saturated carbocycles. The summed E-state index contributed by atoms with van der Waals surface area (Å²) in [5, 5.41) is 0. The highest BCUT2D eigenvalue weighted by Gasteiger charge is 2.43. The fourth-order valence-electron chi connectivity index (χ4n) is 0.602. The minimum atomic E-state index is -4.73. The maximum absolute atomic E-state index is 11.7. The van der Waals surface area contributed by atoms with Crippen molar-refractivity contribution in [2.45, 2.75) is 19.5 Å². The third-order valence-corrected chi connectivity index (χ3v) is 1.29. The summed E-state index contributed by atoms with van der Waals surface area (Å²) in [6.07, 6.45) is -5.02. The van der Waals surface area contributed by atoms with Crippen molar-refractivity contribution >= 4 is 5.78 Å². The summed E-state index contributed by atoms with van der Waals surface area (Å²) in [6.45, 7) is -0.382. The number of hydrogen-bond donors (Lipinski definition) is 0. The van der Waals surface area contributed by atoms with Gasteiger partial charge in [0.25, 0.3) is 0 Å². The predicted molar refractivity (Wildman–Crippen MR) is 30.8 cm³/mol. The van der Waals surface area contributed by atoms with Crippen LogP contribution < -0.4 is 0 Å². The second-order valence-electron chi connectivity index (χ2n) is 2.07. The lowest BCUT2D eigenvalue weighted by Crippen LogP contribution is -2.31. The monoisotopic (exact) mass is 172 g/mol. The molecule has 0 heterocycles. The topological polar surface area (TPSA) is 17.1 Å². The molecule has 0 aromatic carbocycles. The molecule has 1 nitrogen and oxygen atoms in total. The molecule has 66 valence electrons. The molecule has 0 N–H and O–H groups in total. The van der Waals surface area contributed by atoms with Crippen LogP contribution in [0.3, 0.4) is 0 Å². The van der Waals surface area contributed by atoms with Crippen molar-refractivity contribution < 1.29 is 22.4 Å². The van der Waals surface area contributed by atoms with Crippen molar-refractivity contribution in [3.05, 3.63) is 0 Å². The molecule has 1 atom stereocenters. The standard InChI is InChI=1S/C6H8F4O/c1-2-5(11)4(3-7)6(8,9)10/h4H,2-3H2,1H3. The second-order valence-corrected chi connectivity index (χ2v) is 2.07. The lowest BCUT2D eigenvalue weighted by atomic mass is 10.0. The van der Waals surface area contributed by atoms with E-state index in [4.69, 9.17) is 0 Å². The van der Waals surface area contributed by atoms with E-state index in [1.807, 2.05) is 0 Å². The fraction of sp³-hybridized carbons (Fsp3) is 0.833. The number of Topliss-reactive ketones (excluding diaryl/α,β-unsaturated/α-hetero) is 1. The van der Waals surface area contributed by atoms with Crippen molar-refractivity contribution in [2.24, 2.45) is 5.92 Å². The van der Waals surface area contributed by atoms with Crippen LogP contribution in [0.25, 0.3) is 0 Å². The van der Waals surface area contributed by atoms with E-state index in [2.05, 4.69) is 0 Å². The number of alkyl halides is 4. The molecular weight excluding hydrogens is 164 g/mol. The Morgan fingerprint density at radius 3 is 2.00 bits per heavy atom. The largest absolute Gasteiger partial charge is 0.401 e. The van der Waals surface area contributed by atoms with Gasteiger partial charge in [-0.25, -0.2) is 4.39 Å². The molecule has 5 heteroatoms. The molecule has 0 saturated heterocycles. The first-order chi connectivity index (χ1) is 4.93. The van der Waals surface area contributed by atoms with E-state index in [0.29, 0.717) is 0 Å². The zero-order valence-corrected chi connectivity index (χ0v) is 5.91. The Morgan fingerprint density at radius 2 is 1.91 bits per heavy atom. The summed E-state index contributed by atoms with van der Waals surface area (Å²) < 4.78 is 46.7. The Hall–Kier alpha value is -0.610. The van der Waals surface area contributed by atoms with Crippen LogP contribution in [0.2, 0.25) is 0 Å². The predicted octanol–water partition coefficient (Wildman–Crippen LogP) is 2.11. The average molecular weight is 172 g/mol. The first kappa shape index (κ1) is 10.4. The van der Waals surface area contributed by atoms with Crippen molar-refractivity contribution in [2.75, 3.05) is 6.67 Å². The normalized spacial score (nSPS) is 14.6. The molecule has 0 aliphatic heterocycles. The van der Waals surface area contributed by atoms with Gasteiger partial charge in [-0.15, -0.1) is 0 Å². The van der Waals surface area contributed by atoms with Gasteiger partial charge in [-0.2, -0.15) is 13.2 Å². The van der Waals surface area contributed by atoms with E-state index in [1.165, 1.54) is 6.92 Å². The lowest BCUT2D eigenvalue weighted by molar-refractivity contribution is -0.183. The van der Waals surface area contributed by atoms with Gasteiger partial charge in [0.05, 0.1) is 0 Å². The van der Waals surface area contributed by atoms with Gasteiger partial charge in [-0.05, 0) is 0 Å². The second kappa shape index (κ2) is 3.69. The zero-order valence-electron chi connectivity index (χ0n) is 5.91. The highest BCUT2D eigenvalue weighted by atomic mass is 19.4. The van der Waals surface area contributed by atoms with Crippen LogP contribution >= 0.6 is 0 Å². The van der Waals surface area contributed by atoms with Gasteiger partial charge in [0, 0.05) is 6.42 Å². The molecule has 0 aromatic heterocycles. The highest BCUT2D eigenvalue weighted by Crippen LogP contribution is 2.27. The molecule has 0 amide bonds. The molecule has 0 radical (unpaired) electrons. The molecule has 0 bridgehead atoms. The van der Waals surface area contributed by atoms with Crippen molar-refractivity contribution in [3.63, 3.8) is 0 Å². The quantitative estimate of drug-likeness (QED) is 0.596. The summed E-state index contributed by atoms with van der Waals surface area (Å²) in [6, 6.07) is 0.